The fourth-order valence-electron chi connectivity index (χ4n) is 1.55. The Hall–Kier alpha value is -1.58. The van der Waals surface area contributed by atoms with Crippen LogP contribution in [0.5, 0.6) is 0 Å². The Labute approximate surface area is 101 Å². The first-order chi connectivity index (χ1) is 7.88. The summed E-state index contributed by atoms with van der Waals surface area (Å²) in [7, 11) is -4.23. The van der Waals surface area contributed by atoms with Crippen LogP contribution in [-0.4, -0.2) is 24.4 Å². The van der Waals surface area contributed by atoms with Crippen LogP contribution in [0.25, 0.3) is 0 Å². The predicted octanol–water partition coefficient (Wildman–Crippen LogP) is 1.64. The van der Waals surface area contributed by atoms with Crippen LogP contribution in [-0.2, 0) is 10.1 Å². The van der Waals surface area contributed by atoms with Crippen molar-refractivity contribution in [1.82, 2.24) is 0 Å². The number of nitrogens with zero attached hydrogens (tertiary/aromatic N) is 2. The van der Waals surface area contributed by atoms with Crippen molar-refractivity contribution in [2.75, 3.05) is 4.90 Å². The van der Waals surface area contributed by atoms with Gasteiger partial charge in [0.2, 0.25) is 0 Å². The van der Waals surface area contributed by atoms with Gasteiger partial charge in [0.05, 0.1) is 6.07 Å². The number of hydrogen-bond donors (Lipinski definition) is 1. The minimum absolute atomic E-state index is 0.576. The number of rotatable bonds is 4. The smallest absolute Gasteiger partial charge is 0.286 e. The summed E-state index contributed by atoms with van der Waals surface area (Å²) in [6.07, 6.45) is 0. The van der Waals surface area contributed by atoms with Gasteiger partial charge in [0.1, 0.15) is 6.04 Å². The van der Waals surface area contributed by atoms with E-state index >= 15 is 0 Å². The molecule has 2 unspecified atom stereocenters. The van der Waals surface area contributed by atoms with Gasteiger partial charge < -0.3 is 4.90 Å². The van der Waals surface area contributed by atoms with Crippen LogP contribution in [0.1, 0.15) is 13.8 Å². The molecule has 5 nitrogen and oxygen atoms in total. The molecule has 0 bridgehead atoms. The van der Waals surface area contributed by atoms with E-state index in [1.54, 1.807) is 37.3 Å². The van der Waals surface area contributed by atoms with Gasteiger partial charge in [0, 0.05) is 5.69 Å². The maximum Gasteiger partial charge on any atom is 0.286 e. The Morgan fingerprint density at radius 2 is 1.82 bits per heavy atom. The van der Waals surface area contributed by atoms with Crippen LogP contribution in [0, 0.1) is 11.3 Å². The minimum Gasteiger partial charge on any atom is -0.337 e. The fourth-order valence-corrected chi connectivity index (χ4v) is 2.15. The molecule has 0 spiro atoms. The number of hydrogen-bond acceptors (Lipinski definition) is 4. The molecule has 1 aromatic carbocycles. The molecule has 1 aromatic rings. The molecule has 2 atom stereocenters. The van der Waals surface area contributed by atoms with E-state index in [0.717, 1.165) is 0 Å². The fraction of sp³-hybridized carbons (Fsp3) is 0.364. The molecular weight excluding hydrogens is 240 g/mol. The topological polar surface area (TPSA) is 81.4 Å². The lowest BCUT2D eigenvalue weighted by atomic mass is 10.2. The number of nitriles is 1. The molecule has 0 radical (unpaired) electrons. The molecule has 1 N–H and O–H groups in total. The predicted molar refractivity (Wildman–Crippen MR) is 65.0 cm³/mol. The molecule has 0 aliphatic rings. The van der Waals surface area contributed by atoms with Crippen molar-refractivity contribution in [2.24, 2.45) is 0 Å². The van der Waals surface area contributed by atoms with Gasteiger partial charge in [-0.2, -0.15) is 13.7 Å². The van der Waals surface area contributed by atoms with Gasteiger partial charge in [-0.25, -0.2) is 0 Å². The van der Waals surface area contributed by atoms with Crippen LogP contribution in [0.3, 0.4) is 0 Å². The molecular formula is C11H14N2O3S. The van der Waals surface area contributed by atoms with E-state index in [-0.39, 0.29) is 0 Å². The summed E-state index contributed by atoms with van der Waals surface area (Å²) in [4.78, 5) is 1.36. The van der Waals surface area contributed by atoms with E-state index in [0.29, 0.717) is 5.69 Å². The Morgan fingerprint density at radius 3 is 2.24 bits per heavy atom. The van der Waals surface area contributed by atoms with E-state index < -0.39 is 21.5 Å². The highest BCUT2D eigenvalue weighted by Gasteiger charge is 2.29. The van der Waals surface area contributed by atoms with Crippen LogP contribution in [0.4, 0.5) is 5.69 Å². The maximum absolute atomic E-state index is 11.2. The maximum atomic E-state index is 11.2. The minimum atomic E-state index is -4.23. The van der Waals surface area contributed by atoms with Crippen molar-refractivity contribution >= 4 is 15.8 Å². The molecule has 0 aliphatic carbocycles. The third kappa shape index (κ3) is 3.19. The van der Waals surface area contributed by atoms with Gasteiger partial charge in [0.25, 0.3) is 10.1 Å². The Morgan fingerprint density at radius 1 is 1.29 bits per heavy atom. The van der Waals surface area contributed by atoms with E-state index in [1.165, 1.54) is 11.8 Å². The number of anilines is 1. The third-order valence-corrected chi connectivity index (χ3v) is 3.57. The lowest BCUT2D eigenvalue weighted by Crippen LogP contribution is -2.44. The first kappa shape index (κ1) is 13.5. The Bertz CT molecular complexity index is 507. The van der Waals surface area contributed by atoms with Gasteiger partial charge >= 0.3 is 0 Å². The standard InChI is InChI=1S/C11H14N2O3S/c1-9(8-12)13(10(2)17(14,15)16)11-6-4-3-5-7-11/h3-7,9-10H,1-2H3,(H,14,15,16). The summed E-state index contributed by atoms with van der Waals surface area (Å²) in [5.41, 5.74) is 0.576. The highest BCUT2D eigenvalue weighted by molar-refractivity contribution is 7.86. The van der Waals surface area contributed by atoms with E-state index in [9.17, 15) is 8.42 Å². The molecule has 0 fully saturated rings. The molecule has 1 rings (SSSR count). The summed E-state index contributed by atoms with van der Waals surface area (Å²) in [6, 6.07) is 9.96. The van der Waals surface area contributed by atoms with Gasteiger partial charge in [0.15, 0.2) is 5.37 Å². The van der Waals surface area contributed by atoms with Crippen LogP contribution < -0.4 is 4.90 Å². The van der Waals surface area contributed by atoms with E-state index in [1.807, 2.05) is 6.07 Å². The SMILES string of the molecule is CC(C#N)N(c1ccccc1)C(C)S(=O)(=O)O. The molecule has 0 amide bonds. The normalized spacial score (nSPS) is 14.7. The van der Waals surface area contributed by atoms with Gasteiger partial charge in [-0.05, 0) is 26.0 Å². The largest absolute Gasteiger partial charge is 0.337 e. The van der Waals surface area contributed by atoms with Crippen molar-refractivity contribution in [2.45, 2.75) is 25.3 Å². The van der Waals surface area contributed by atoms with Crippen LogP contribution in [0.15, 0.2) is 30.3 Å². The number of para-hydroxylation sites is 1. The van der Waals surface area contributed by atoms with Crippen molar-refractivity contribution in [3.05, 3.63) is 30.3 Å². The molecule has 0 aromatic heterocycles. The molecule has 0 saturated heterocycles. The molecule has 6 heteroatoms. The summed E-state index contributed by atoms with van der Waals surface area (Å²) in [5, 5.41) is 7.75. The first-order valence-corrected chi connectivity index (χ1v) is 6.57. The molecule has 0 saturated carbocycles. The second-order valence-corrected chi connectivity index (χ2v) is 5.37. The summed E-state index contributed by atoms with van der Waals surface area (Å²) in [5.74, 6) is 0. The van der Waals surface area contributed by atoms with Crippen molar-refractivity contribution < 1.29 is 13.0 Å². The van der Waals surface area contributed by atoms with Gasteiger partial charge in [-0.1, -0.05) is 18.2 Å². The summed E-state index contributed by atoms with van der Waals surface area (Å²) < 4.78 is 31.4. The first-order valence-electron chi connectivity index (χ1n) is 5.07. The zero-order valence-electron chi connectivity index (χ0n) is 9.61. The average molecular weight is 254 g/mol. The van der Waals surface area contributed by atoms with E-state index in [2.05, 4.69) is 0 Å². The highest BCUT2D eigenvalue weighted by atomic mass is 32.2. The van der Waals surface area contributed by atoms with Crippen LogP contribution >= 0.6 is 0 Å². The zero-order chi connectivity index (χ0) is 13.1. The lowest BCUT2D eigenvalue weighted by molar-refractivity contribution is 0.464. The lowest BCUT2D eigenvalue weighted by Gasteiger charge is -2.31. The van der Waals surface area contributed by atoms with E-state index in [4.69, 9.17) is 9.81 Å². The molecule has 0 aliphatic heterocycles. The van der Waals surface area contributed by atoms with Gasteiger partial charge in [-0.3, -0.25) is 4.55 Å². The second kappa shape index (κ2) is 5.17. The second-order valence-electron chi connectivity index (χ2n) is 3.66. The van der Waals surface area contributed by atoms with Crippen molar-refractivity contribution in [1.29, 1.82) is 5.26 Å². The average Bonchev–Trinajstić information content (AvgIpc) is 2.29. The zero-order valence-corrected chi connectivity index (χ0v) is 10.4. The summed E-state index contributed by atoms with van der Waals surface area (Å²) in [6.45, 7) is 2.92. The third-order valence-electron chi connectivity index (χ3n) is 2.48. The number of benzene rings is 1. The van der Waals surface area contributed by atoms with Crippen molar-refractivity contribution in [3.8, 4) is 6.07 Å². The molecule has 17 heavy (non-hydrogen) atoms. The Balaban J connectivity index is 3.20. The highest BCUT2D eigenvalue weighted by Crippen LogP contribution is 2.21. The molecule has 0 heterocycles. The molecule has 92 valence electrons. The van der Waals surface area contributed by atoms with Crippen molar-refractivity contribution in [3.63, 3.8) is 0 Å². The summed E-state index contributed by atoms with van der Waals surface area (Å²) >= 11 is 0. The Kier molecular flexibility index (Phi) is 4.10. The van der Waals surface area contributed by atoms with Gasteiger partial charge in [-0.15, -0.1) is 0 Å². The quantitative estimate of drug-likeness (QED) is 0.826. The monoisotopic (exact) mass is 254 g/mol. The van der Waals surface area contributed by atoms with Crippen LogP contribution in [0.2, 0.25) is 0 Å².